The number of aliphatic hydroxyl groups excluding tert-OH is 1. The molecule has 0 saturated heterocycles. The van der Waals surface area contributed by atoms with Crippen LogP contribution in [0.1, 0.15) is 25.6 Å². The summed E-state index contributed by atoms with van der Waals surface area (Å²) < 4.78 is 57.4. The Labute approximate surface area is 186 Å². The molecule has 0 bridgehead atoms. The lowest BCUT2D eigenvalue weighted by molar-refractivity contribution is -0.270. The average Bonchev–Trinajstić information content (AvgIpc) is 2.71. The Bertz CT molecular complexity index is 1120. The Hall–Kier alpha value is -2.23. The highest BCUT2D eigenvalue weighted by molar-refractivity contribution is 6.25. The lowest BCUT2D eigenvalue weighted by atomic mass is 9.66. The third kappa shape index (κ3) is 3.56. The van der Waals surface area contributed by atoms with Gasteiger partial charge in [0.15, 0.2) is 5.60 Å². The van der Waals surface area contributed by atoms with Gasteiger partial charge in [-0.25, -0.2) is 14.4 Å². The van der Waals surface area contributed by atoms with Crippen molar-refractivity contribution < 1.29 is 27.8 Å². The number of benzene rings is 1. The number of nitrogens with one attached hydrogen (secondary N) is 1. The minimum atomic E-state index is -5.00. The van der Waals surface area contributed by atoms with Crippen molar-refractivity contribution in [3.63, 3.8) is 0 Å². The van der Waals surface area contributed by atoms with Crippen LogP contribution in [-0.4, -0.2) is 49.2 Å². The van der Waals surface area contributed by atoms with Crippen molar-refractivity contribution in [3.05, 3.63) is 53.5 Å². The molecule has 1 heterocycles. The molecule has 5 nitrogen and oxygen atoms in total. The van der Waals surface area contributed by atoms with Crippen molar-refractivity contribution in [3.8, 4) is 0 Å². The van der Waals surface area contributed by atoms with Gasteiger partial charge in [0.2, 0.25) is 5.13 Å². The topological polar surface area (TPSA) is 78.3 Å². The highest BCUT2D eigenvalue weighted by Gasteiger charge is 2.64. The minimum absolute atomic E-state index is 0.0330. The lowest BCUT2D eigenvalue weighted by Gasteiger charge is -2.49. The summed E-state index contributed by atoms with van der Waals surface area (Å²) in [5.74, 6) is -0.420. The number of halogens is 5. The van der Waals surface area contributed by atoms with Crippen LogP contribution in [0.3, 0.4) is 0 Å². The fourth-order valence-corrected chi connectivity index (χ4v) is 4.79. The maximum absolute atomic E-state index is 14.6. The molecule has 0 radical (unpaired) electrons. The van der Waals surface area contributed by atoms with Crippen LogP contribution in [0.2, 0.25) is 0 Å². The van der Waals surface area contributed by atoms with E-state index in [4.69, 9.17) is 11.6 Å². The fraction of sp³-hybridized carbons (Fsp3) is 0.455. The Morgan fingerprint density at radius 3 is 2.69 bits per heavy atom. The van der Waals surface area contributed by atoms with Gasteiger partial charge in [0.05, 0.1) is 11.6 Å². The monoisotopic (exact) mass is 471 g/mol. The van der Waals surface area contributed by atoms with Crippen LogP contribution in [0.5, 0.6) is 0 Å². The van der Waals surface area contributed by atoms with Gasteiger partial charge in [-0.3, -0.25) is 0 Å². The molecule has 1 aromatic carbocycles. The van der Waals surface area contributed by atoms with Gasteiger partial charge in [-0.15, -0.1) is 0 Å². The van der Waals surface area contributed by atoms with Gasteiger partial charge in [-0.2, -0.15) is 13.2 Å². The van der Waals surface area contributed by atoms with Crippen LogP contribution in [0.25, 0.3) is 10.9 Å². The summed E-state index contributed by atoms with van der Waals surface area (Å²) >= 11 is 5.77. The number of nitrogens with zero attached hydrogens (tertiary/aromatic N) is 2. The van der Waals surface area contributed by atoms with E-state index in [1.54, 1.807) is 32.0 Å². The SMILES string of the molecule is CC[C@@H]1C[C@](O)(C(F)(F)F)[C@@H](Nc2cccc3nc(C)ncc23)C2=C1C(O)C(F)(Cl)C=C2. The van der Waals surface area contributed by atoms with Gasteiger partial charge < -0.3 is 15.5 Å². The van der Waals surface area contributed by atoms with Crippen molar-refractivity contribution in [2.45, 2.75) is 55.7 Å². The Morgan fingerprint density at radius 1 is 1.31 bits per heavy atom. The largest absolute Gasteiger partial charge is 0.419 e. The van der Waals surface area contributed by atoms with Crippen LogP contribution in [0.4, 0.5) is 23.2 Å². The molecule has 32 heavy (non-hydrogen) atoms. The van der Waals surface area contributed by atoms with Gasteiger partial charge in [-0.05, 0) is 55.0 Å². The molecule has 172 valence electrons. The second kappa shape index (κ2) is 7.67. The zero-order valence-electron chi connectivity index (χ0n) is 17.3. The highest BCUT2D eigenvalue weighted by atomic mass is 35.5. The summed E-state index contributed by atoms with van der Waals surface area (Å²) in [6, 6.07) is 3.14. The Kier molecular flexibility index (Phi) is 5.50. The molecule has 2 aliphatic rings. The average molecular weight is 472 g/mol. The molecule has 10 heteroatoms. The van der Waals surface area contributed by atoms with E-state index in [0.717, 1.165) is 12.2 Å². The maximum Gasteiger partial charge on any atom is 0.419 e. The summed E-state index contributed by atoms with van der Waals surface area (Å²) in [7, 11) is 0. The number of aromatic nitrogens is 2. The third-order valence-electron chi connectivity index (χ3n) is 6.29. The number of fused-ring (bicyclic) bond motifs is 1. The summed E-state index contributed by atoms with van der Waals surface area (Å²) in [5, 5.41) is 22.2. The number of anilines is 1. The van der Waals surface area contributed by atoms with E-state index in [-0.39, 0.29) is 23.3 Å². The van der Waals surface area contributed by atoms with Crippen LogP contribution in [0, 0.1) is 12.8 Å². The van der Waals surface area contributed by atoms with Gasteiger partial charge in [0, 0.05) is 17.3 Å². The molecular weight excluding hydrogens is 450 g/mol. The van der Waals surface area contributed by atoms with Crippen LogP contribution >= 0.6 is 11.6 Å². The van der Waals surface area contributed by atoms with Crippen molar-refractivity contribution >= 4 is 28.2 Å². The van der Waals surface area contributed by atoms with E-state index >= 15 is 0 Å². The van der Waals surface area contributed by atoms with E-state index in [0.29, 0.717) is 16.7 Å². The zero-order chi connectivity index (χ0) is 23.5. The van der Waals surface area contributed by atoms with Crippen molar-refractivity contribution in [2.24, 2.45) is 5.92 Å². The van der Waals surface area contributed by atoms with Crippen LogP contribution in [0.15, 0.2) is 47.7 Å². The predicted molar refractivity (Wildman–Crippen MR) is 113 cm³/mol. The van der Waals surface area contributed by atoms with Crippen molar-refractivity contribution in [1.29, 1.82) is 0 Å². The van der Waals surface area contributed by atoms with E-state index in [1.807, 2.05) is 0 Å². The maximum atomic E-state index is 14.6. The first-order chi connectivity index (χ1) is 14.9. The highest BCUT2D eigenvalue weighted by Crippen LogP contribution is 2.52. The van der Waals surface area contributed by atoms with Crippen molar-refractivity contribution in [1.82, 2.24) is 9.97 Å². The van der Waals surface area contributed by atoms with E-state index in [9.17, 15) is 27.8 Å². The molecule has 0 fully saturated rings. The smallest absolute Gasteiger partial charge is 0.384 e. The molecule has 2 aromatic rings. The molecule has 3 N–H and O–H groups in total. The summed E-state index contributed by atoms with van der Waals surface area (Å²) in [4.78, 5) is 8.40. The minimum Gasteiger partial charge on any atom is -0.384 e. The fourth-order valence-electron chi connectivity index (χ4n) is 4.61. The first-order valence-electron chi connectivity index (χ1n) is 10.2. The van der Waals surface area contributed by atoms with E-state index in [1.165, 1.54) is 6.20 Å². The molecule has 2 aliphatic carbocycles. The van der Waals surface area contributed by atoms with Crippen LogP contribution in [-0.2, 0) is 0 Å². The molecule has 4 rings (SSSR count). The van der Waals surface area contributed by atoms with Crippen molar-refractivity contribution in [2.75, 3.05) is 5.32 Å². The summed E-state index contributed by atoms with van der Waals surface area (Å²) in [5.41, 5.74) is -2.37. The number of hydrogen-bond donors (Lipinski definition) is 3. The van der Waals surface area contributed by atoms with Gasteiger partial charge >= 0.3 is 6.18 Å². The number of rotatable bonds is 3. The molecule has 0 amide bonds. The first kappa shape index (κ1) is 22.9. The predicted octanol–water partition coefficient (Wildman–Crippen LogP) is 4.57. The standard InChI is InChI=1S/C22H22ClF4N3O2/c1-3-12-9-20(32,22(25,26)27)18(13-7-8-21(23,24)19(31)17(12)13)30-16-6-4-5-15-14(16)10-28-11(2)29-15/h4-8,10,12,18-19,30-32H,3,9H2,1-2H3/t12-,18+,19?,20-,21?/m1/s1. The number of aliphatic hydroxyl groups is 2. The van der Waals surface area contributed by atoms with Gasteiger partial charge in [0.25, 0.3) is 0 Å². The van der Waals surface area contributed by atoms with Gasteiger partial charge in [0.1, 0.15) is 11.9 Å². The third-order valence-corrected chi connectivity index (χ3v) is 6.63. The molecule has 0 aliphatic heterocycles. The normalized spacial score (nSPS) is 32.8. The number of hydrogen-bond acceptors (Lipinski definition) is 5. The lowest BCUT2D eigenvalue weighted by Crippen LogP contribution is -2.62. The second-order valence-electron chi connectivity index (χ2n) is 8.29. The molecule has 5 atom stereocenters. The van der Waals surface area contributed by atoms with Gasteiger partial charge in [-0.1, -0.05) is 30.7 Å². The summed E-state index contributed by atoms with van der Waals surface area (Å²) in [6.45, 7) is 3.30. The van der Waals surface area contributed by atoms with E-state index < -0.39 is 41.4 Å². The second-order valence-corrected chi connectivity index (χ2v) is 8.86. The summed E-state index contributed by atoms with van der Waals surface area (Å²) in [6.07, 6.45) is -4.01. The molecule has 0 spiro atoms. The molecule has 2 unspecified atom stereocenters. The quantitative estimate of drug-likeness (QED) is 0.451. The molecule has 1 aromatic heterocycles. The molecule has 0 saturated carbocycles. The van der Waals surface area contributed by atoms with E-state index in [2.05, 4.69) is 15.3 Å². The number of alkyl halides is 5. The zero-order valence-corrected chi connectivity index (χ0v) is 18.0. The Balaban J connectivity index is 1.91. The Morgan fingerprint density at radius 2 is 2.03 bits per heavy atom. The molecular formula is C22H22ClF4N3O2. The number of aryl methyl sites for hydroxylation is 1. The van der Waals surface area contributed by atoms with Crippen LogP contribution < -0.4 is 5.32 Å². The first-order valence-corrected chi connectivity index (χ1v) is 10.5.